The Kier molecular flexibility index (Phi) is 4.89. The summed E-state index contributed by atoms with van der Waals surface area (Å²) in [6.45, 7) is 4.12. The molecule has 0 radical (unpaired) electrons. The van der Waals surface area contributed by atoms with Gasteiger partial charge in [-0.05, 0) is 42.4 Å². The minimum atomic E-state index is 0.525. The molecule has 0 bridgehead atoms. The van der Waals surface area contributed by atoms with Crippen LogP contribution in [0, 0.1) is 0 Å². The lowest BCUT2D eigenvalue weighted by Crippen LogP contribution is -2.05. The van der Waals surface area contributed by atoms with E-state index in [2.05, 4.69) is 37.1 Å². The zero-order chi connectivity index (χ0) is 17.9. The van der Waals surface area contributed by atoms with Crippen LogP contribution >= 0.6 is 23.1 Å². The van der Waals surface area contributed by atoms with Crippen molar-refractivity contribution in [2.75, 3.05) is 29.0 Å². The van der Waals surface area contributed by atoms with Gasteiger partial charge >= 0.3 is 0 Å². The van der Waals surface area contributed by atoms with E-state index in [0.29, 0.717) is 17.1 Å². The van der Waals surface area contributed by atoms with Crippen LogP contribution in [0.4, 0.5) is 22.7 Å². The Hall–Kier alpha value is -2.39. The third kappa shape index (κ3) is 4.23. The van der Waals surface area contributed by atoms with E-state index in [1.807, 2.05) is 30.5 Å². The molecule has 0 saturated carbocycles. The van der Waals surface area contributed by atoms with E-state index in [1.165, 1.54) is 16.6 Å². The van der Waals surface area contributed by atoms with Gasteiger partial charge in [0.15, 0.2) is 10.3 Å². The summed E-state index contributed by atoms with van der Waals surface area (Å²) in [4.78, 5) is 22.5. The second-order valence-corrected chi connectivity index (χ2v) is 8.06. The Morgan fingerprint density at radius 3 is 2.73 bits per heavy atom. The minimum absolute atomic E-state index is 0.525. The van der Waals surface area contributed by atoms with Crippen molar-refractivity contribution in [3.05, 3.63) is 35.3 Å². The Morgan fingerprint density at radius 2 is 2.00 bits per heavy atom. The number of thiazole rings is 1. The van der Waals surface area contributed by atoms with Gasteiger partial charge in [0, 0.05) is 34.7 Å². The molecule has 3 heterocycles. The van der Waals surface area contributed by atoms with Crippen LogP contribution < -0.4 is 16.0 Å². The molecular formula is C17H19N7S2. The van der Waals surface area contributed by atoms with E-state index >= 15 is 0 Å². The molecule has 0 unspecified atom stereocenters. The first-order valence-electron chi connectivity index (χ1n) is 8.46. The number of nitrogens with one attached hydrogen (secondary N) is 1. The molecule has 2 aromatic heterocycles. The van der Waals surface area contributed by atoms with E-state index in [9.17, 15) is 0 Å². The third-order valence-electron chi connectivity index (χ3n) is 3.69. The van der Waals surface area contributed by atoms with Gasteiger partial charge in [0.2, 0.25) is 11.9 Å². The van der Waals surface area contributed by atoms with Crippen molar-refractivity contribution in [3.8, 4) is 0 Å². The van der Waals surface area contributed by atoms with Gasteiger partial charge in [-0.2, -0.15) is 15.0 Å². The standard InChI is InChI=1S/C17H19N7S2/c1-2-3-13-10-19-16(26-13)21-14-20-15(24-8-9-24)23-17(22-14)25-12-6-4-11(18)5-7-12/h4-7,10H,2-3,8-9,18H2,1H3,(H,19,20,21,22,23). The lowest BCUT2D eigenvalue weighted by Gasteiger charge is -2.08. The summed E-state index contributed by atoms with van der Waals surface area (Å²) in [6.07, 6.45) is 4.05. The maximum absolute atomic E-state index is 5.75. The summed E-state index contributed by atoms with van der Waals surface area (Å²) in [5, 5.41) is 4.68. The second kappa shape index (κ2) is 7.46. The Labute approximate surface area is 160 Å². The van der Waals surface area contributed by atoms with E-state index in [4.69, 9.17) is 5.73 Å². The molecule has 1 aliphatic heterocycles. The highest BCUT2D eigenvalue weighted by atomic mass is 32.2. The molecule has 4 rings (SSSR count). The van der Waals surface area contributed by atoms with Crippen LogP contribution in [-0.4, -0.2) is 33.0 Å². The molecule has 1 saturated heterocycles. The topological polar surface area (TPSA) is 92.6 Å². The molecule has 9 heteroatoms. The van der Waals surface area contributed by atoms with Crippen molar-refractivity contribution >= 4 is 45.8 Å². The van der Waals surface area contributed by atoms with Gasteiger partial charge < -0.3 is 10.6 Å². The average Bonchev–Trinajstić information content (AvgIpc) is 3.39. The fourth-order valence-corrected chi connectivity index (χ4v) is 3.95. The lowest BCUT2D eigenvalue weighted by atomic mass is 10.3. The van der Waals surface area contributed by atoms with E-state index in [1.54, 1.807) is 11.3 Å². The van der Waals surface area contributed by atoms with Crippen LogP contribution in [0.5, 0.6) is 0 Å². The molecule has 3 N–H and O–H groups in total. The van der Waals surface area contributed by atoms with Crippen molar-refractivity contribution in [2.24, 2.45) is 0 Å². The van der Waals surface area contributed by atoms with Crippen molar-refractivity contribution < 1.29 is 0 Å². The van der Waals surface area contributed by atoms with Gasteiger partial charge in [-0.25, -0.2) is 4.98 Å². The van der Waals surface area contributed by atoms with E-state index < -0.39 is 0 Å². The largest absolute Gasteiger partial charge is 0.399 e. The predicted octanol–water partition coefficient (Wildman–Crippen LogP) is 3.58. The van der Waals surface area contributed by atoms with E-state index in [-0.39, 0.29) is 0 Å². The van der Waals surface area contributed by atoms with Gasteiger partial charge in [-0.1, -0.05) is 13.3 Å². The Bertz CT molecular complexity index is 890. The molecular weight excluding hydrogens is 366 g/mol. The molecule has 0 atom stereocenters. The minimum Gasteiger partial charge on any atom is -0.399 e. The predicted molar refractivity (Wildman–Crippen MR) is 106 cm³/mol. The molecule has 7 nitrogen and oxygen atoms in total. The molecule has 26 heavy (non-hydrogen) atoms. The van der Waals surface area contributed by atoms with E-state index in [0.717, 1.165) is 41.6 Å². The van der Waals surface area contributed by atoms with Crippen LogP contribution in [-0.2, 0) is 6.42 Å². The van der Waals surface area contributed by atoms with Crippen molar-refractivity contribution in [2.45, 2.75) is 29.8 Å². The van der Waals surface area contributed by atoms with Crippen LogP contribution in [0.15, 0.2) is 40.5 Å². The fourth-order valence-electron chi connectivity index (χ4n) is 2.30. The number of aryl methyl sites for hydroxylation is 1. The average molecular weight is 386 g/mol. The molecule has 0 amide bonds. The molecule has 134 valence electrons. The number of aromatic nitrogens is 4. The zero-order valence-corrected chi connectivity index (χ0v) is 16.0. The summed E-state index contributed by atoms with van der Waals surface area (Å²) in [7, 11) is 0. The fraction of sp³-hybridized carbons (Fsp3) is 0.294. The smallest absolute Gasteiger partial charge is 0.234 e. The van der Waals surface area contributed by atoms with Crippen molar-refractivity contribution in [1.29, 1.82) is 0 Å². The SMILES string of the molecule is CCCc1cnc(Nc2nc(Sc3ccc(N)cc3)nc(N3CC3)n2)s1. The third-order valence-corrected chi connectivity index (χ3v) is 5.54. The van der Waals surface area contributed by atoms with Crippen LogP contribution in [0.2, 0.25) is 0 Å². The lowest BCUT2D eigenvalue weighted by molar-refractivity contribution is 0.902. The normalized spacial score (nSPS) is 13.0. The number of nitrogens with two attached hydrogens (primary N) is 1. The molecule has 1 aromatic carbocycles. The van der Waals surface area contributed by atoms with Crippen LogP contribution in [0.1, 0.15) is 18.2 Å². The van der Waals surface area contributed by atoms with Gasteiger partial charge in [-0.3, -0.25) is 5.32 Å². The Balaban J connectivity index is 1.57. The summed E-state index contributed by atoms with van der Waals surface area (Å²) in [5.74, 6) is 1.23. The molecule has 3 aromatic rings. The summed E-state index contributed by atoms with van der Waals surface area (Å²) >= 11 is 3.13. The number of rotatable bonds is 7. The Morgan fingerprint density at radius 1 is 1.19 bits per heavy atom. The number of hydrogen-bond acceptors (Lipinski definition) is 9. The maximum Gasteiger partial charge on any atom is 0.234 e. The summed E-state index contributed by atoms with van der Waals surface area (Å²) in [6, 6.07) is 7.68. The van der Waals surface area contributed by atoms with Gasteiger partial charge in [-0.15, -0.1) is 11.3 Å². The molecule has 1 aliphatic rings. The van der Waals surface area contributed by atoms with Crippen molar-refractivity contribution in [3.63, 3.8) is 0 Å². The van der Waals surface area contributed by atoms with Gasteiger partial charge in [0.25, 0.3) is 0 Å². The first-order valence-corrected chi connectivity index (χ1v) is 10.1. The number of benzene rings is 1. The number of nitrogens with zero attached hydrogens (tertiary/aromatic N) is 5. The van der Waals surface area contributed by atoms with Gasteiger partial charge in [0.05, 0.1) is 0 Å². The summed E-state index contributed by atoms with van der Waals surface area (Å²) in [5.41, 5.74) is 6.49. The highest BCUT2D eigenvalue weighted by Gasteiger charge is 2.23. The quantitative estimate of drug-likeness (QED) is 0.471. The second-order valence-electron chi connectivity index (χ2n) is 5.91. The highest BCUT2D eigenvalue weighted by Crippen LogP contribution is 2.29. The molecule has 0 aliphatic carbocycles. The van der Waals surface area contributed by atoms with Gasteiger partial charge in [0.1, 0.15) is 0 Å². The van der Waals surface area contributed by atoms with Crippen molar-refractivity contribution in [1.82, 2.24) is 19.9 Å². The first-order chi connectivity index (χ1) is 12.7. The number of anilines is 4. The van der Waals surface area contributed by atoms with Crippen LogP contribution in [0.25, 0.3) is 0 Å². The number of hydrogen-bond donors (Lipinski definition) is 2. The zero-order valence-electron chi connectivity index (χ0n) is 14.3. The highest BCUT2D eigenvalue weighted by molar-refractivity contribution is 7.99. The molecule has 1 fully saturated rings. The molecule has 0 spiro atoms. The van der Waals surface area contributed by atoms with Crippen LogP contribution in [0.3, 0.4) is 0 Å². The maximum atomic E-state index is 5.75. The monoisotopic (exact) mass is 385 g/mol. The number of nitrogen functional groups attached to an aromatic ring is 1. The summed E-state index contributed by atoms with van der Waals surface area (Å²) < 4.78 is 0. The first kappa shape index (κ1) is 17.0.